The number of carbonyl (C=O) groups is 1. The molecule has 2 aromatic carbocycles. The standard InChI is InChI=1S/C23H27F3N2O2/c1-18-6-5-9-21(12-18)30-16-22(29)28(17-23(24,25)26)15-20-10-11-27(14-20)13-19-7-3-2-4-8-19/h2-9,12,20H,10-11,13-17H2,1H3/t20-/m0/s1. The van der Waals surface area contributed by atoms with Crippen molar-refractivity contribution in [2.75, 3.05) is 32.8 Å². The number of aryl methyl sites for hydroxylation is 1. The molecule has 0 radical (unpaired) electrons. The van der Waals surface area contributed by atoms with Crippen LogP contribution in [0.5, 0.6) is 5.75 Å². The molecule has 1 amide bonds. The van der Waals surface area contributed by atoms with Crippen LogP contribution in [0.2, 0.25) is 0 Å². The molecule has 30 heavy (non-hydrogen) atoms. The molecule has 0 spiro atoms. The molecule has 1 aliphatic rings. The van der Waals surface area contributed by atoms with Crippen molar-refractivity contribution >= 4 is 5.91 Å². The summed E-state index contributed by atoms with van der Waals surface area (Å²) in [4.78, 5) is 15.6. The van der Waals surface area contributed by atoms with E-state index >= 15 is 0 Å². The van der Waals surface area contributed by atoms with Gasteiger partial charge < -0.3 is 9.64 Å². The number of rotatable bonds is 8. The maximum atomic E-state index is 13.1. The zero-order valence-electron chi connectivity index (χ0n) is 17.1. The van der Waals surface area contributed by atoms with Crippen LogP contribution in [-0.2, 0) is 11.3 Å². The monoisotopic (exact) mass is 420 g/mol. The molecule has 4 nitrogen and oxygen atoms in total. The SMILES string of the molecule is Cc1cccc(OCC(=O)N(C[C@H]2CCN(Cc3ccccc3)C2)CC(F)(F)F)c1. The summed E-state index contributed by atoms with van der Waals surface area (Å²) in [6, 6.07) is 17.1. The Labute approximate surface area is 175 Å². The number of nitrogens with zero attached hydrogens (tertiary/aromatic N) is 2. The second-order valence-corrected chi connectivity index (χ2v) is 7.87. The molecule has 0 aromatic heterocycles. The first kappa shape index (κ1) is 22.2. The number of hydrogen-bond donors (Lipinski definition) is 0. The number of benzene rings is 2. The van der Waals surface area contributed by atoms with Crippen molar-refractivity contribution in [1.82, 2.24) is 9.80 Å². The van der Waals surface area contributed by atoms with E-state index in [0.717, 1.165) is 30.0 Å². The van der Waals surface area contributed by atoms with Crippen molar-refractivity contribution in [2.45, 2.75) is 26.1 Å². The summed E-state index contributed by atoms with van der Waals surface area (Å²) in [5.41, 5.74) is 2.13. The van der Waals surface area contributed by atoms with Gasteiger partial charge in [-0.3, -0.25) is 9.69 Å². The van der Waals surface area contributed by atoms with Crippen LogP contribution in [0.15, 0.2) is 54.6 Å². The van der Waals surface area contributed by atoms with Gasteiger partial charge in [-0.1, -0.05) is 42.5 Å². The average Bonchev–Trinajstić information content (AvgIpc) is 3.12. The van der Waals surface area contributed by atoms with E-state index in [-0.39, 0.29) is 12.5 Å². The van der Waals surface area contributed by atoms with Crippen LogP contribution < -0.4 is 4.74 Å². The Bertz CT molecular complexity index is 827. The number of amides is 1. The second kappa shape index (κ2) is 9.98. The van der Waals surface area contributed by atoms with Crippen molar-refractivity contribution in [3.63, 3.8) is 0 Å². The Morgan fingerprint density at radius 3 is 2.63 bits per heavy atom. The lowest BCUT2D eigenvalue weighted by atomic mass is 10.1. The van der Waals surface area contributed by atoms with Crippen LogP contribution in [0.3, 0.4) is 0 Å². The summed E-state index contributed by atoms with van der Waals surface area (Å²) in [5, 5.41) is 0. The van der Waals surface area contributed by atoms with Gasteiger partial charge in [0.25, 0.3) is 5.91 Å². The lowest BCUT2D eigenvalue weighted by molar-refractivity contribution is -0.163. The van der Waals surface area contributed by atoms with Gasteiger partial charge in [-0.25, -0.2) is 0 Å². The van der Waals surface area contributed by atoms with Gasteiger partial charge >= 0.3 is 6.18 Å². The number of likely N-dealkylation sites (tertiary alicyclic amines) is 1. The third kappa shape index (κ3) is 7.06. The molecule has 1 atom stereocenters. The Hall–Kier alpha value is -2.54. The Kier molecular flexibility index (Phi) is 7.37. The molecule has 0 saturated carbocycles. The molecule has 162 valence electrons. The van der Waals surface area contributed by atoms with Crippen LogP contribution in [-0.4, -0.2) is 54.7 Å². The van der Waals surface area contributed by atoms with Crippen molar-refractivity contribution in [3.8, 4) is 5.75 Å². The highest BCUT2D eigenvalue weighted by molar-refractivity contribution is 5.77. The van der Waals surface area contributed by atoms with Crippen molar-refractivity contribution in [2.24, 2.45) is 5.92 Å². The smallest absolute Gasteiger partial charge is 0.406 e. The van der Waals surface area contributed by atoms with Gasteiger partial charge in [-0.2, -0.15) is 13.2 Å². The van der Waals surface area contributed by atoms with Crippen molar-refractivity contribution in [3.05, 3.63) is 65.7 Å². The molecule has 0 unspecified atom stereocenters. The highest BCUT2D eigenvalue weighted by Gasteiger charge is 2.35. The number of alkyl halides is 3. The number of halogens is 3. The van der Waals surface area contributed by atoms with Gasteiger partial charge in [0.1, 0.15) is 12.3 Å². The fraction of sp³-hybridized carbons (Fsp3) is 0.435. The molecule has 1 fully saturated rings. The highest BCUT2D eigenvalue weighted by atomic mass is 19.4. The lowest BCUT2D eigenvalue weighted by Gasteiger charge is -2.27. The first-order valence-corrected chi connectivity index (χ1v) is 10.1. The number of ether oxygens (including phenoxy) is 1. The van der Waals surface area contributed by atoms with E-state index in [0.29, 0.717) is 12.3 Å². The second-order valence-electron chi connectivity index (χ2n) is 7.87. The van der Waals surface area contributed by atoms with Gasteiger partial charge in [-0.05, 0) is 49.1 Å². The molecule has 1 heterocycles. The Morgan fingerprint density at radius 2 is 1.93 bits per heavy atom. The molecule has 3 rings (SSSR count). The van der Waals surface area contributed by atoms with E-state index in [2.05, 4.69) is 4.90 Å². The molecule has 0 bridgehead atoms. The lowest BCUT2D eigenvalue weighted by Crippen LogP contribution is -2.44. The fourth-order valence-electron chi connectivity index (χ4n) is 3.77. The van der Waals surface area contributed by atoms with E-state index in [9.17, 15) is 18.0 Å². The summed E-state index contributed by atoms with van der Waals surface area (Å²) in [7, 11) is 0. The van der Waals surface area contributed by atoms with Gasteiger partial charge in [-0.15, -0.1) is 0 Å². The first-order chi connectivity index (χ1) is 14.3. The van der Waals surface area contributed by atoms with Gasteiger partial charge in [0.05, 0.1) is 0 Å². The van der Waals surface area contributed by atoms with E-state index in [1.165, 1.54) is 5.56 Å². The predicted octanol–water partition coefficient (Wildman–Crippen LogP) is 4.29. The molecule has 0 aliphatic carbocycles. The minimum atomic E-state index is -4.44. The van der Waals surface area contributed by atoms with Gasteiger partial charge in [0.2, 0.25) is 0 Å². The molecule has 7 heteroatoms. The summed E-state index contributed by atoms with van der Waals surface area (Å²) >= 11 is 0. The van der Waals surface area contributed by atoms with Crippen molar-refractivity contribution in [1.29, 1.82) is 0 Å². The third-order valence-electron chi connectivity index (χ3n) is 5.17. The topological polar surface area (TPSA) is 32.8 Å². The van der Waals surface area contributed by atoms with E-state index in [1.54, 1.807) is 18.2 Å². The highest BCUT2D eigenvalue weighted by Crippen LogP contribution is 2.23. The molecule has 2 aromatic rings. The molecule has 1 aliphatic heterocycles. The quantitative estimate of drug-likeness (QED) is 0.639. The minimum Gasteiger partial charge on any atom is -0.484 e. The average molecular weight is 420 g/mol. The number of hydrogen-bond acceptors (Lipinski definition) is 3. The summed E-state index contributed by atoms with van der Waals surface area (Å²) in [6.45, 7) is 2.56. The minimum absolute atomic E-state index is 0.0129. The maximum Gasteiger partial charge on any atom is 0.406 e. The molecular weight excluding hydrogens is 393 g/mol. The zero-order valence-corrected chi connectivity index (χ0v) is 17.1. The van der Waals surface area contributed by atoms with E-state index in [1.807, 2.05) is 43.3 Å². The van der Waals surface area contributed by atoms with Crippen LogP contribution >= 0.6 is 0 Å². The summed E-state index contributed by atoms with van der Waals surface area (Å²) < 4.78 is 44.7. The Balaban J connectivity index is 1.56. The van der Waals surface area contributed by atoms with Crippen LogP contribution in [0.25, 0.3) is 0 Å². The first-order valence-electron chi connectivity index (χ1n) is 10.1. The van der Waals surface area contributed by atoms with Crippen LogP contribution in [0.1, 0.15) is 17.5 Å². The molecule has 1 saturated heterocycles. The fourth-order valence-corrected chi connectivity index (χ4v) is 3.77. The van der Waals surface area contributed by atoms with Gasteiger partial charge in [0.15, 0.2) is 6.61 Å². The van der Waals surface area contributed by atoms with Crippen molar-refractivity contribution < 1.29 is 22.7 Å². The normalized spacial score (nSPS) is 17.1. The number of carbonyl (C=O) groups excluding carboxylic acids is 1. The predicted molar refractivity (Wildman–Crippen MR) is 109 cm³/mol. The third-order valence-corrected chi connectivity index (χ3v) is 5.17. The van der Waals surface area contributed by atoms with E-state index < -0.39 is 25.2 Å². The molecule has 0 N–H and O–H groups in total. The largest absolute Gasteiger partial charge is 0.484 e. The van der Waals surface area contributed by atoms with Crippen LogP contribution in [0.4, 0.5) is 13.2 Å². The van der Waals surface area contributed by atoms with E-state index in [4.69, 9.17) is 4.74 Å². The van der Waals surface area contributed by atoms with Gasteiger partial charge in [0, 0.05) is 19.6 Å². The van der Waals surface area contributed by atoms with Crippen LogP contribution in [0, 0.1) is 12.8 Å². The molecular formula is C23H27F3N2O2. The summed E-state index contributed by atoms with van der Waals surface area (Å²) in [6.07, 6.45) is -3.67. The maximum absolute atomic E-state index is 13.1. The Morgan fingerprint density at radius 1 is 1.17 bits per heavy atom. The zero-order chi connectivity index (χ0) is 21.6. The summed E-state index contributed by atoms with van der Waals surface area (Å²) in [5.74, 6) is -0.153.